The number of nitrogens with two attached hydrogens (primary N) is 1. The van der Waals surface area contributed by atoms with Crippen molar-refractivity contribution < 1.29 is 35.1 Å². The van der Waals surface area contributed by atoms with E-state index in [2.05, 4.69) is 5.32 Å². The third-order valence-corrected chi connectivity index (χ3v) is 3.86. The van der Waals surface area contributed by atoms with Gasteiger partial charge in [0.15, 0.2) is 0 Å². The predicted molar refractivity (Wildman–Crippen MR) is 111 cm³/mol. The van der Waals surface area contributed by atoms with Crippen LogP contribution in [0.5, 0.6) is 11.5 Å². The lowest BCUT2D eigenvalue weighted by atomic mass is 10.1. The number of aliphatic hydroxyl groups excluding tert-OH is 1. The van der Waals surface area contributed by atoms with Crippen LogP contribution in [0.25, 0.3) is 0 Å². The Hall–Kier alpha value is -3.56. The molecule has 0 aromatic heterocycles. The van der Waals surface area contributed by atoms with Gasteiger partial charge < -0.3 is 36.6 Å². The number of aliphatic hydroxyl groups is 1. The van der Waals surface area contributed by atoms with Gasteiger partial charge in [-0.15, -0.1) is 0 Å². The Balaban J connectivity index is 0.000000479. The van der Waals surface area contributed by atoms with Gasteiger partial charge in [-0.3, -0.25) is 0 Å². The molecule has 0 fully saturated rings. The van der Waals surface area contributed by atoms with Gasteiger partial charge in [0.2, 0.25) is 0 Å². The Kier molecular flexibility index (Phi) is 9.87. The normalized spacial score (nSPS) is 12.6. The van der Waals surface area contributed by atoms with Crippen LogP contribution >= 0.6 is 0 Å². The SMILES string of the molecule is C[C@@H](Cc1ccc(N)cc1)NC[C@H](O)c1cc(O)cc(O)c1.O=C(O)/C=C/C(=O)O. The molecule has 0 saturated heterocycles. The zero-order valence-corrected chi connectivity index (χ0v) is 16.4. The van der Waals surface area contributed by atoms with Crippen molar-refractivity contribution in [3.63, 3.8) is 0 Å². The number of carboxylic acid groups (broad SMARTS) is 2. The molecule has 0 radical (unpaired) electrons. The minimum absolute atomic E-state index is 0.0658. The van der Waals surface area contributed by atoms with Crippen molar-refractivity contribution in [2.45, 2.75) is 25.5 Å². The summed E-state index contributed by atoms with van der Waals surface area (Å²) in [6, 6.07) is 12.0. The highest BCUT2D eigenvalue weighted by molar-refractivity contribution is 5.89. The molecule has 162 valence electrons. The number of phenolic OH excluding ortho intramolecular Hbond substituents is 2. The second kappa shape index (κ2) is 12.1. The summed E-state index contributed by atoms with van der Waals surface area (Å²) < 4.78 is 0. The highest BCUT2D eigenvalue weighted by Gasteiger charge is 2.12. The van der Waals surface area contributed by atoms with E-state index in [4.69, 9.17) is 15.9 Å². The molecule has 0 heterocycles. The number of carboxylic acids is 2. The lowest BCUT2D eigenvalue weighted by Gasteiger charge is -2.18. The van der Waals surface area contributed by atoms with E-state index in [0.717, 1.165) is 12.1 Å². The molecular formula is C21H26N2O7. The first-order valence-electron chi connectivity index (χ1n) is 8.99. The second-order valence-electron chi connectivity index (χ2n) is 6.56. The molecule has 0 spiro atoms. The number of carbonyl (C=O) groups is 2. The van der Waals surface area contributed by atoms with Crippen molar-refractivity contribution in [1.29, 1.82) is 0 Å². The van der Waals surface area contributed by atoms with Crippen molar-refractivity contribution in [1.82, 2.24) is 5.32 Å². The summed E-state index contributed by atoms with van der Waals surface area (Å²) in [6.07, 6.45) is 1.13. The number of hydrogen-bond donors (Lipinski definition) is 7. The number of anilines is 1. The van der Waals surface area contributed by atoms with Gasteiger partial charge in [0, 0.05) is 36.5 Å². The third kappa shape index (κ3) is 10.1. The van der Waals surface area contributed by atoms with Crippen LogP contribution in [0.4, 0.5) is 5.69 Å². The van der Waals surface area contributed by atoms with Gasteiger partial charge in [-0.05, 0) is 48.7 Å². The minimum Gasteiger partial charge on any atom is -0.508 e. The summed E-state index contributed by atoms with van der Waals surface area (Å²) in [5.74, 6) is -2.65. The van der Waals surface area contributed by atoms with Gasteiger partial charge in [-0.2, -0.15) is 0 Å². The molecule has 9 nitrogen and oxygen atoms in total. The molecule has 0 saturated carbocycles. The Morgan fingerprint density at radius 3 is 1.97 bits per heavy atom. The van der Waals surface area contributed by atoms with Crippen LogP contribution in [0.2, 0.25) is 0 Å². The van der Waals surface area contributed by atoms with Gasteiger partial charge in [0.25, 0.3) is 0 Å². The van der Waals surface area contributed by atoms with E-state index < -0.39 is 18.0 Å². The molecule has 0 bridgehead atoms. The quantitative estimate of drug-likeness (QED) is 0.248. The number of aromatic hydroxyl groups is 2. The van der Waals surface area contributed by atoms with E-state index in [0.29, 0.717) is 24.3 Å². The molecule has 2 atom stereocenters. The van der Waals surface area contributed by atoms with Gasteiger partial charge in [0.05, 0.1) is 6.10 Å². The Bertz CT molecular complexity index is 830. The van der Waals surface area contributed by atoms with Gasteiger partial charge >= 0.3 is 11.9 Å². The minimum atomic E-state index is -1.26. The molecule has 2 rings (SSSR count). The Labute approximate surface area is 173 Å². The molecule has 0 aliphatic carbocycles. The van der Waals surface area contributed by atoms with Crippen LogP contribution in [0, 0.1) is 0 Å². The summed E-state index contributed by atoms with van der Waals surface area (Å²) in [5.41, 5.74) is 8.04. The second-order valence-corrected chi connectivity index (χ2v) is 6.56. The summed E-state index contributed by atoms with van der Waals surface area (Å²) in [7, 11) is 0. The van der Waals surface area contributed by atoms with Gasteiger partial charge in [-0.25, -0.2) is 9.59 Å². The van der Waals surface area contributed by atoms with Crippen LogP contribution in [-0.2, 0) is 16.0 Å². The molecule has 30 heavy (non-hydrogen) atoms. The number of phenols is 2. The Morgan fingerprint density at radius 2 is 1.50 bits per heavy atom. The monoisotopic (exact) mass is 418 g/mol. The summed E-state index contributed by atoms with van der Waals surface area (Å²) in [4.78, 5) is 19.1. The van der Waals surface area contributed by atoms with Gasteiger partial charge in [-0.1, -0.05) is 12.1 Å². The van der Waals surface area contributed by atoms with Crippen LogP contribution in [-0.4, -0.2) is 50.1 Å². The standard InChI is InChI=1S/C17H22N2O3.C4H4O4/c1-11(6-12-2-4-14(18)5-3-12)19-10-17(22)13-7-15(20)9-16(21)8-13;5-3(6)1-2-4(7)8/h2-5,7-9,11,17,19-22H,6,10,18H2,1H3;1-2H,(H,5,6)(H,7,8)/b;2-1+/t11-,17-;/m0./s1. The molecule has 0 aliphatic rings. The number of hydrogen-bond acceptors (Lipinski definition) is 7. The molecule has 0 unspecified atom stereocenters. The van der Waals surface area contributed by atoms with Crippen LogP contribution in [0.15, 0.2) is 54.6 Å². The largest absolute Gasteiger partial charge is 0.508 e. The fourth-order valence-electron chi connectivity index (χ4n) is 2.46. The maximum atomic E-state index is 10.1. The average Bonchev–Trinajstić information content (AvgIpc) is 2.66. The van der Waals surface area contributed by atoms with Crippen LogP contribution in [0.1, 0.15) is 24.2 Å². The molecular weight excluding hydrogens is 392 g/mol. The fraction of sp³-hybridized carbons (Fsp3) is 0.238. The Morgan fingerprint density at radius 1 is 1.00 bits per heavy atom. The number of aliphatic carboxylic acids is 2. The maximum Gasteiger partial charge on any atom is 0.328 e. The molecule has 8 N–H and O–H groups in total. The molecule has 2 aromatic carbocycles. The van der Waals surface area contributed by atoms with E-state index >= 15 is 0 Å². The first-order valence-corrected chi connectivity index (χ1v) is 8.99. The molecule has 0 aliphatic heterocycles. The van der Waals surface area contributed by atoms with Crippen LogP contribution < -0.4 is 11.1 Å². The highest BCUT2D eigenvalue weighted by atomic mass is 16.4. The fourth-order valence-corrected chi connectivity index (χ4v) is 2.46. The van der Waals surface area contributed by atoms with E-state index in [1.165, 1.54) is 23.8 Å². The van der Waals surface area contributed by atoms with Crippen molar-refractivity contribution in [2.24, 2.45) is 0 Å². The smallest absolute Gasteiger partial charge is 0.328 e. The highest BCUT2D eigenvalue weighted by Crippen LogP contribution is 2.24. The first kappa shape index (κ1) is 24.5. The summed E-state index contributed by atoms with van der Waals surface area (Å²) >= 11 is 0. The topological polar surface area (TPSA) is 173 Å². The first-order chi connectivity index (χ1) is 14.1. The number of benzene rings is 2. The van der Waals surface area contributed by atoms with Crippen LogP contribution in [0.3, 0.4) is 0 Å². The predicted octanol–water partition coefficient (Wildman–Crippen LogP) is 1.65. The van der Waals surface area contributed by atoms with Gasteiger partial charge in [0.1, 0.15) is 11.5 Å². The number of nitrogens with one attached hydrogen (secondary N) is 1. The molecule has 9 heteroatoms. The van der Waals surface area contributed by atoms with Crippen molar-refractivity contribution in [3.05, 3.63) is 65.7 Å². The van der Waals surface area contributed by atoms with E-state index in [1.54, 1.807) is 0 Å². The zero-order valence-electron chi connectivity index (χ0n) is 16.4. The van der Waals surface area contributed by atoms with E-state index in [9.17, 15) is 24.9 Å². The van der Waals surface area contributed by atoms with E-state index in [1.807, 2.05) is 31.2 Å². The van der Waals surface area contributed by atoms with Crippen molar-refractivity contribution in [2.75, 3.05) is 12.3 Å². The molecule has 2 aromatic rings. The van der Waals surface area contributed by atoms with Crippen molar-refractivity contribution >= 4 is 17.6 Å². The third-order valence-electron chi connectivity index (χ3n) is 3.86. The number of nitrogen functional groups attached to an aromatic ring is 1. The van der Waals surface area contributed by atoms with Crippen molar-refractivity contribution in [3.8, 4) is 11.5 Å². The van der Waals surface area contributed by atoms with E-state index in [-0.39, 0.29) is 17.5 Å². The number of rotatable bonds is 8. The summed E-state index contributed by atoms with van der Waals surface area (Å²) in [5, 5.41) is 47.9. The molecule has 0 amide bonds. The zero-order chi connectivity index (χ0) is 22.7. The maximum absolute atomic E-state index is 10.1. The lowest BCUT2D eigenvalue weighted by Crippen LogP contribution is -2.32. The average molecular weight is 418 g/mol. The summed E-state index contributed by atoms with van der Waals surface area (Å²) in [6.45, 7) is 2.36. The lowest BCUT2D eigenvalue weighted by molar-refractivity contribution is -0.134.